The van der Waals surface area contributed by atoms with E-state index >= 15 is 0 Å². The van der Waals surface area contributed by atoms with Crippen LogP contribution in [0.2, 0.25) is 0 Å². The molecule has 0 saturated carbocycles. The van der Waals surface area contributed by atoms with Gasteiger partial charge in [0.2, 0.25) is 5.52 Å². The van der Waals surface area contributed by atoms with Crippen LogP contribution in [0.15, 0.2) is 30.3 Å². The van der Waals surface area contributed by atoms with Gasteiger partial charge in [0.25, 0.3) is 0 Å². The number of nitrogens with zero attached hydrogens (tertiary/aromatic N) is 1. The Morgan fingerprint density at radius 3 is 2.68 bits per heavy atom. The predicted octanol–water partition coefficient (Wildman–Crippen LogP) is 1.41. The Kier molecular flexibility index (Phi) is 7.13. The van der Waals surface area contributed by atoms with E-state index in [-0.39, 0.29) is 0 Å². The monoisotopic (exact) mass is 707 g/mol. The van der Waals surface area contributed by atoms with E-state index in [0.717, 1.165) is 16.9 Å². The van der Waals surface area contributed by atoms with E-state index < -0.39 is 0 Å². The first-order valence-corrected chi connectivity index (χ1v) is 19.8. The molecule has 2 nitrogen and oxygen atoms in total. The van der Waals surface area contributed by atoms with E-state index in [1.807, 2.05) is 0 Å². The molecule has 0 radical (unpaired) electrons. The molecule has 1 aliphatic rings. The second kappa shape index (κ2) is 8.11. The van der Waals surface area contributed by atoms with Crippen LogP contribution < -0.4 is 22.6 Å². The molecule has 0 bridgehead atoms. The minimum absolute atomic E-state index is 0.326. The Labute approximate surface area is 156 Å². The third-order valence-corrected chi connectivity index (χ3v) is 3.98. The van der Waals surface area contributed by atoms with Crippen LogP contribution in [0, 0.1) is 6.92 Å². The molecular formula is C13H13I4NO. The summed E-state index contributed by atoms with van der Waals surface area (Å²) in [5.74, 6) is 1.000. The first-order chi connectivity index (χ1) is 9.19. The summed E-state index contributed by atoms with van der Waals surface area (Å²) in [6.45, 7) is 3.10. The fraction of sp³-hybridized carbons (Fsp3) is 0.308. The van der Waals surface area contributed by atoms with Crippen molar-refractivity contribution in [2.45, 2.75) is 19.6 Å². The predicted molar refractivity (Wildman–Crippen MR) is 100 cm³/mol. The standard InChI is InChI=1S/C13H13INO.I3/c1-9-2-3-10-4-5-13-15(12(10)6-9)8-11(7-14)16-13;1-3-2/h2-6,11H,7-8H2,1H3;/q+1;-1. The van der Waals surface area contributed by atoms with Gasteiger partial charge in [-0.05, 0) is 24.6 Å². The maximum absolute atomic E-state index is 5.86. The van der Waals surface area contributed by atoms with Crippen molar-refractivity contribution in [3.05, 3.63) is 35.9 Å². The van der Waals surface area contributed by atoms with Gasteiger partial charge in [-0.3, -0.25) is 0 Å². The summed E-state index contributed by atoms with van der Waals surface area (Å²) in [5, 5.41) is 1.28. The zero-order valence-electron chi connectivity index (χ0n) is 10.2. The second-order valence-electron chi connectivity index (χ2n) is 4.29. The fourth-order valence-corrected chi connectivity index (χ4v) is 2.64. The van der Waals surface area contributed by atoms with Crippen LogP contribution in [0.4, 0.5) is 0 Å². The van der Waals surface area contributed by atoms with E-state index in [0.29, 0.717) is 19.4 Å². The average molecular weight is 707 g/mol. The van der Waals surface area contributed by atoms with Crippen LogP contribution >= 0.6 is 59.8 Å². The molecule has 19 heavy (non-hydrogen) atoms. The third-order valence-electron chi connectivity index (χ3n) is 2.99. The van der Waals surface area contributed by atoms with E-state index in [4.69, 9.17) is 4.74 Å². The number of aromatic nitrogens is 1. The van der Waals surface area contributed by atoms with E-state index in [2.05, 4.69) is 102 Å². The molecular weight excluding hydrogens is 694 g/mol. The van der Waals surface area contributed by atoms with Crippen molar-refractivity contribution >= 4 is 70.7 Å². The molecule has 0 amide bonds. The van der Waals surface area contributed by atoms with Crippen LogP contribution in [0.5, 0.6) is 5.88 Å². The van der Waals surface area contributed by atoms with Crippen LogP contribution in [0.25, 0.3) is 10.9 Å². The Morgan fingerprint density at radius 2 is 2.00 bits per heavy atom. The molecule has 1 atom stereocenters. The van der Waals surface area contributed by atoms with Gasteiger partial charge in [-0.2, -0.15) is 4.57 Å². The summed E-state index contributed by atoms with van der Waals surface area (Å²) in [5.41, 5.74) is 2.58. The van der Waals surface area contributed by atoms with Gasteiger partial charge in [-0.15, -0.1) is 0 Å². The van der Waals surface area contributed by atoms with Crippen molar-refractivity contribution in [3.8, 4) is 5.88 Å². The number of rotatable bonds is 1. The molecule has 1 aliphatic heterocycles. The average Bonchev–Trinajstić information content (AvgIpc) is 2.83. The first kappa shape index (κ1) is 16.7. The van der Waals surface area contributed by atoms with Gasteiger partial charge in [-0.1, -0.05) is 28.7 Å². The van der Waals surface area contributed by atoms with Crippen molar-refractivity contribution in [1.82, 2.24) is 0 Å². The number of aryl methyl sites for hydroxylation is 1. The molecule has 0 saturated heterocycles. The van der Waals surface area contributed by atoms with Crippen LogP contribution in [0.1, 0.15) is 5.56 Å². The molecule has 104 valence electrons. The van der Waals surface area contributed by atoms with Gasteiger partial charge in [0, 0.05) is 15.9 Å². The molecule has 1 aromatic heterocycles. The zero-order chi connectivity index (χ0) is 13.8. The zero-order valence-corrected chi connectivity index (χ0v) is 18.9. The van der Waals surface area contributed by atoms with Crippen LogP contribution in [0.3, 0.4) is 0 Å². The Hall–Kier alpha value is 1.35. The Bertz CT molecular complexity index is 576. The van der Waals surface area contributed by atoms with Gasteiger partial charge in [0.15, 0.2) is 12.6 Å². The van der Waals surface area contributed by atoms with Gasteiger partial charge >= 0.3 is 56.4 Å². The minimum atomic E-state index is 0.326. The molecule has 2 heterocycles. The van der Waals surface area contributed by atoms with Gasteiger partial charge in [0.1, 0.15) is 0 Å². The maximum atomic E-state index is 5.86. The number of pyridine rings is 1. The number of hydrogen-bond acceptors (Lipinski definition) is 1. The van der Waals surface area contributed by atoms with Gasteiger partial charge < -0.3 is 4.74 Å². The number of alkyl halides is 1. The summed E-state index contributed by atoms with van der Waals surface area (Å²) in [6, 6.07) is 10.8. The molecule has 0 spiro atoms. The topological polar surface area (TPSA) is 13.1 Å². The normalized spacial score (nSPS) is 16.7. The number of fused-ring (bicyclic) bond motifs is 3. The SMILES string of the molecule is Cc1ccc2ccc3[n+](c2c1)CC(CI)O3.I[I-]I. The van der Waals surface area contributed by atoms with Crippen LogP contribution in [-0.2, 0) is 6.54 Å². The number of ether oxygens (including phenoxy) is 1. The molecule has 0 fully saturated rings. The van der Waals surface area contributed by atoms with Crippen molar-refractivity contribution in [1.29, 1.82) is 0 Å². The summed E-state index contributed by atoms with van der Waals surface area (Å²) >= 11 is 7.68. The Balaban J connectivity index is 0.000000408. The molecule has 6 heteroatoms. The molecule has 1 aromatic carbocycles. The number of hydrogen-bond donors (Lipinski definition) is 0. The molecule has 0 aliphatic carbocycles. The Morgan fingerprint density at radius 1 is 1.32 bits per heavy atom. The quantitative estimate of drug-likeness (QED) is 0.249. The first-order valence-electron chi connectivity index (χ1n) is 5.72. The van der Waals surface area contributed by atoms with Crippen LogP contribution in [-0.4, -0.2) is 10.5 Å². The fourth-order valence-electron chi connectivity index (χ4n) is 2.18. The third kappa shape index (κ3) is 4.18. The molecule has 0 N–H and O–H groups in total. The number of benzene rings is 1. The van der Waals surface area contributed by atoms with Crippen molar-refractivity contribution in [3.63, 3.8) is 0 Å². The van der Waals surface area contributed by atoms with Gasteiger partial charge in [-0.25, -0.2) is 0 Å². The summed E-state index contributed by atoms with van der Waals surface area (Å²) in [6.07, 6.45) is 0.326. The number of halogens is 4. The van der Waals surface area contributed by atoms with E-state index in [1.54, 1.807) is 0 Å². The van der Waals surface area contributed by atoms with E-state index in [1.165, 1.54) is 16.5 Å². The summed E-state index contributed by atoms with van der Waals surface area (Å²) < 4.78 is 9.18. The van der Waals surface area contributed by atoms with E-state index in [9.17, 15) is 0 Å². The van der Waals surface area contributed by atoms with Crippen molar-refractivity contribution < 1.29 is 22.6 Å². The van der Waals surface area contributed by atoms with Gasteiger partial charge in [0.05, 0.1) is 6.07 Å². The molecule has 1 unspecified atom stereocenters. The van der Waals surface area contributed by atoms with Crippen molar-refractivity contribution in [2.24, 2.45) is 0 Å². The molecule has 3 rings (SSSR count). The summed E-state index contributed by atoms with van der Waals surface area (Å²) in [4.78, 5) is 0. The molecule has 2 aromatic rings. The second-order valence-corrected chi connectivity index (χ2v) is 21.4. The summed E-state index contributed by atoms with van der Waals surface area (Å²) in [7, 11) is 0. The van der Waals surface area contributed by atoms with Crippen molar-refractivity contribution in [2.75, 3.05) is 4.43 Å².